The van der Waals surface area contributed by atoms with Gasteiger partial charge in [0.15, 0.2) is 0 Å². The van der Waals surface area contributed by atoms with E-state index in [0.29, 0.717) is 0 Å². The fourth-order valence-electron chi connectivity index (χ4n) is 1.69. The van der Waals surface area contributed by atoms with Gasteiger partial charge in [0, 0.05) is 30.0 Å². The standard InChI is InChI=1S/C13H15BrClN3/c14-12-3-2-11(8-13(12)15)9-16-4-1-6-18-7-5-17-10-18/h2-3,5,7-8,10,16H,1,4,6,9H2. The van der Waals surface area contributed by atoms with Crippen LogP contribution in [0.25, 0.3) is 0 Å². The Labute approximate surface area is 120 Å². The number of aryl methyl sites for hydroxylation is 1. The summed E-state index contributed by atoms with van der Waals surface area (Å²) in [6, 6.07) is 6.03. The highest BCUT2D eigenvalue weighted by molar-refractivity contribution is 9.10. The summed E-state index contributed by atoms with van der Waals surface area (Å²) in [7, 11) is 0. The molecule has 0 amide bonds. The van der Waals surface area contributed by atoms with E-state index in [1.54, 1.807) is 6.20 Å². The van der Waals surface area contributed by atoms with Gasteiger partial charge in [-0.15, -0.1) is 0 Å². The van der Waals surface area contributed by atoms with Crippen molar-refractivity contribution in [2.45, 2.75) is 19.5 Å². The molecule has 0 saturated heterocycles. The minimum absolute atomic E-state index is 0.757. The molecule has 0 aliphatic rings. The summed E-state index contributed by atoms with van der Waals surface area (Å²) in [6.07, 6.45) is 6.71. The smallest absolute Gasteiger partial charge is 0.0945 e. The third-order valence-corrected chi connectivity index (χ3v) is 3.87. The minimum atomic E-state index is 0.757. The molecule has 5 heteroatoms. The first-order chi connectivity index (χ1) is 8.75. The SMILES string of the molecule is Clc1cc(CNCCCn2ccnc2)ccc1Br. The number of benzene rings is 1. The number of nitrogens with one attached hydrogen (secondary N) is 1. The largest absolute Gasteiger partial charge is 0.337 e. The molecule has 0 aliphatic heterocycles. The Hall–Kier alpha value is -0.840. The summed E-state index contributed by atoms with van der Waals surface area (Å²) < 4.78 is 3.02. The molecule has 0 atom stereocenters. The van der Waals surface area contributed by atoms with E-state index in [9.17, 15) is 0 Å². The lowest BCUT2D eigenvalue weighted by atomic mass is 10.2. The molecular weight excluding hydrogens is 314 g/mol. The molecule has 0 unspecified atom stereocenters. The van der Waals surface area contributed by atoms with Gasteiger partial charge in [-0.1, -0.05) is 17.7 Å². The Kier molecular flexibility index (Phi) is 5.23. The molecule has 0 aliphatic carbocycles. The lowest BCUT2D eigenvalue weighted by Gasteiger charge is -2.06. The van der Waals surface area contributed by atoms with Crippen LogP contribution in [0.5, 0.6) is 0 Å². The molecule has 0 saturated carbocycles. The summed E-state index contributed by atoms with van der Waals surface area (Å²) in [5, 5.41) is 4.16. The van der Waals surface area contributed by atoms with Crippen molar-refractivity contribution in [1.29, 1.82) is 0 Å². The van der Waals surface area contributed by atoms with Crippen molar-refractivity contribution >= 4 is 27.5 Å². The second kappa shape index (κ2) is 6.92. The quantitative estimate of drug-likeness (QED) is 0.823. The van der Waals surface area contributed by atoms with Crippen LogP contribution in [0.1, 0.15) is 12.0 Å². The van der Waals surface area contributed by atoms with Crippen LogP contribution < -0.4 is 5.32 Å². The van der Waals surface area contributed by atoms with Crippen LogP contribution >= 0.6 is 27.5 Å². The molecular formula is C13H15BrClN3. The van der Waals surface area contributed by atoms with Gasteiger partial charge in [-0.25, -0.2) is 4.98 Å². The maximum atomic E-state index is 6.04. The first-order valence-electron chi connectivity index (χ1n) is 5.86. The summed E-state index contributed by atoms with van der Waals surface area (Å²) in [4.78, 5) is 4.01. The number of imidazole rings is 1. The number of nitrogens with zero attached hydrogens (tertiary/aromatic N) is 2. The fraction of sp³-hybridized carbons (Fsp3) is 0.308. The van der Waals surface area contributed by atoms with Crippen LogP contribution in [0.2, 0.25) is 5.02 Å². The molecule has 18 heavy (non-hydrogen) atoms. The number of halogens is 2. The molecule has 0 radical (unpaired) electrons. The molecule has 2 rings (SSSR count). The van der Waals surface area contributed by atoms with Crippen LogP contribution in [0.3, 0.4) is 0 Å². The monoisotopic (exact) mass is 327 g/mol. The molecule has 1 heterocycles. The Morgan fingerprint density at radius 3 is 3.00 bits per heavy atom. The normalized spacial score (nSPS) is 10.8. The Bertz CT molecular complexity index is 485. The van der Waals surface area contributed by atoms with Gasteiger partial charge in [0.25, 0.3) is 0 Å². The van der Waals surface area contributed by atoms with Crippen LogP contribution in [-0.2, 0) is 13.1 Å². The topological polar surface area (TPSA) is 29.9 Å². The van der Waals surface area contributed by atoms with Gasteiger partial charge in [-0.2, -0.15) is 0 Å². The third-order valence-electron chi connectivity index (χ3n) is 2.64. The highest BCUT2D eigenvalue weighted by atomic mass is 79.9. The van der Waals surface area contributed by atoms with Gasteiger partial charge in [0.2, 0.25) is 0 Å². The van der Waals surface area contributed by atoms with Crippen molar-refractivity contribution in [2.75, 3.05) is 6.54 Å². The van der Waals surface area contributed by atoms with Crippen molar-refractivity contribution in [3.63, 3.8) is 0 Å². The molecule has 0 fully saturated rings. The average Bonchev–Trinajstić information content (AvgIpc) is 2.86. The van der Waals surface area contributed by atoms with Crippen LogP contribution in [-0.4, -0.2) is 16.1 Å². The van der Waals surface area contributed by atoms with Crippen molar-refractivity contribution in [3.05, 3.63) is 52.0 Å². The van der Waals surface area contributed by atoms with Crippen LogP contribution in [0, 0.1) is 0 Å². The van der Waals surface area contributed by atoms with Gasteiger partial charge < -0.3 is 9.88 Å². The first kappa shape index (κ1) is 13.6. The summed E-state index contributed by atoms with van der Waals surface area (Å²) in [6.45, 7) is 2.82. The summed E-state index contributed by atoms with van der Waals surface area (Å²) in [5.41, 5.74) is 1.20. The minimum Gasteiger partial charge on any atom is -0.337 e. The van der Waals surface area contributed by atoms with Gasteiger partial charge >= 0.3 is 0 Å². The van der Waals surface area contributed by atoms with E-state index in [1.807, 2.05) is 24.7 Å². The molecule has 0 bridgehead atoms. The highest BCUT2D eigenvalue weighted by Gasteiger charge is 1.98. The first-order valence-corrected chi connectivity index (χ1v) is 7.03. The second-order valence-electron chi connectivity index (χ2n) is 4.08. The van der Waals surface area contributed by atoms with Crippen molar-refractivity contribution in [3.8, 4) is 0 Å². The molecule has 0 spiro atoms. The third kappa shape index (κ3) is 4.12. The number of hydrogen-bond donors (Lipinski definition) is 1. The highest BCUT2D eigenvalue weighted by Crippen LogP contribution is 2.22. The van der Waals surface area contributed by atoms with E-state index >= 15 is 0 Å². The van der Waals surface area contributed by atoms with E-state index in [-0.39, 0.29) is 0 Å². The van der Waals surface area contributed by atoms with Gasteiger partial charge in [0.1, 0.15) is 0 Å². The summed E-state index contributed by atoms with van der Waals surface area (Å²) in [5.74, 6) is 0. The van der Waals surface area contributed by atoms with E-state index in [4.69, 9.17) is 11.6 Å². The van der Waals surface area contributed by atoms with Crippen molar-refractivity contribution in [1.82, 2.24) is 14.9 Å². The second-order valence-corrected chi connectivity index (χ2v) is 5.34. The lowest BCUT2D eigenvalue weighted by Crippen LogP contribution is -2.16. The predicted octanol–water partition coefficient (Wildman–Crippen LogP) is 3.48. The van der Waals surface area contributed by atoms with Crippen molar-refractivity contribution in [2.24, 2.45) is 0 Å². The summed E-state index contributed by atoms with van der Waals surface area (Å²) >= 11 is 9.42. The van der Waals surface area contributed by atoms with E-state index in [2.05, 4.69) is 36.9 Å². The molecule has 1 aromatic carbocycles. The number of hydrogen-bond acceptors (Lipinski definition) is 2. The predicted molar refractivity (Wildman–Crippen MR) is 77.7 cm³/mol. The lowest BCUT2D eigenvalue weighted by molar-refractivity contribution is 0.581. The zero-order chi connectivity index (χ0) is 12.8. The molecule has 1 N–H and O–H groups in total. The zero-order valence-corrected chi connectivity index (χ0v) is 12.3. The van der Waals surface area contributed by atoms with Crippen LogP contribution in [0.15, 0.2) is 41.4 Å². The average molecular weight is 329 g/mol. The Morgan fingerprint density at radius 2 is 2.28 bits per heavy atom. The molecule has 1 aromatic heterocycles. The maximum absolute atomic E-state index is 6.04. The van der Waals surface area contributed by atoms with Gasteiger partial charge in [-0.05, 0) is 46.6 Å². The van der Waals surface area contributed by atoms with Gasteiger partial charge in [0.05, 0.1) is 11.3 Å². The Balaban J connectivity index is 1.67. The van der Waals surface area contributed by atoms with E-state index in [1.165, 1.54) is 5.56 Å². The molecule has 3 nitrogen and oxygen atoms in total. The van der Waals surface area contributed by atoms with E-state index < -0.39 is 0 Å². The number of aromatic nitrogens is 2. The van der Waals surface area contributed by atoms with Crippen molar-refractivity contribution < 1.29 is 0 Å². The number of rotatable bonds is 6. The fourth-order valence-corrected chi connectivity index (χ4v) is 2.14. The maximum Gasteiger partial charge on any atom is 0.0945 e. The van der Waals surface area contributed by atoms with Gasteiger partial charge in [-0.3, -0.25) is 0 Å². The molecule has 2 aromatic rings. The molecule has 96 valence electrons. The Morgan fingerprint density at radius 1 is 1.39 bits per heavy atom. The van der Waals surface area contributed by atoms with Crippen LogP contribution in [0.4, 0.5) is 0 Å². The zero-order valence-electron chi connectivity index (χ0n) is 9.94. The van der Waals surface area contributed by atoms with E-state index in [0.717, 1.165) is 35.6 Å².